The first kappa shape index (κ1) is 17.3. The molecule has 3 rings (SSSR count). The maximum absolute atomic E-state index is 4.78. The number of benzene rings is 1. The largest absolute Gasteiger partial charge is 0.245 e. The Hall–Kier alpha value is -2.57. The molecule has 0 N–H and O–H groups in total. The fraction of sp³-hybridized carbons (Fsp3) is 0.500. The van der Waals surface area contributed by atoms with Crippen molar-refractivity contribution in [3.05, 3.63) is 52.9 Å². The van der Waals surface area contributed by atoms with Crippen LogP contribution in [0.3, 0.4) is 0 Å². The topological polar surface area (TPSA) is 74.3 Å². The molecule has 0 unspecified atom stereocenters. The number of nitrogens with zero attached hydrogens (tertiary/aromatic N) is 7. The number of aromatic nitrogens is 7. The van der Waals surface area contributed by atoms with Gasteiger partial charge in [0.05, 0.1) is 13.1 Å². The lowest BCUT2D eigenvalue weighted by Crippen LogP contribution is -2.12. The third-order valence-electron chi connectivity index (χ3n) is 4.22. The van der Waals surface area contributed by atoms with Crippen molar-refractivity contribution in [2.45, 2.75) is 53.6 Å². The summed E-state index contributed by atoms with van der Waals surface area (Å²) < 4.78 is 3.83. The number of hydrogen-bond donors (Lipinski definition) is 0. The van der Waals surface area contributed by atoms with Crippen LogP contribution >= 0.6 is 0 Å². The van der Waals surface area contributed by atoms with Crippen molar-refractivity contribution in [3.8, 4) is 0 Å². The van der Waals surface area contributed by atoms with E-state index in [1.165, 1.54) is 11.1 Å². The minimum atomic E-state index is 0.531. The minimum Gasteiger partial charge on any atom is -0.245 e. The molecule has 0 fully saturated rings. The molecule has 0 aliphatic rings. The summed E-state index contributed by atoms with van der Waals surface area (Å²) in [6, 6.07) is 8.41. The molecule has 0 atom stereocenters. The van der Waals surface area contributed by atoms with Gasteiger partial charge in [0.25, 0.3) is 0 Å². The van der Waals surface area contributed by atoms with Gasteiger partial charge in [-0.15, -0.1) is 5.10 Å². The Morgan fingerprint density at radius 2 is 1.88 bits per heavy atom. The molecular formula is C18H25N7. The summed E-state index contributed by atoms with van der Waals surface area (Å²) in [5.41, 5.74) is 2.54. The van der Waals surface area contributed by atoms with Crippen molar-refractivity contribution in [1.82, 2.24) is 35.0 Å². The average molecular weight is 339 g/mol. The SMILES string of the molecule is Cc1ccccc1Cn1nc(CC(C)C)nc1CCn1nnnc1C. The van der Waals surface area contributed by atoms with Crippen molar-refractivity contribution in [2.24, 2.45) is 5.92 Å². The van der Waals surface area contributed by atoms with Gasteiger partial charge in [0.2, 0.25) is 0 Å². The van der Waals surface area contributed by atoms with Crippen molar-refractivity contribution in [3.63, 3.8) is 0 Å². The number of aryl methyl sites for hydroxylation is 4. The van der Waals surface area contributed by atoms with Crippen LogP contribution in [0.15, 0.2) is 24.3 Å². The maximum Gasteiger partial charge on any atom is 0.151 e. The van der Waals surface area contributed by atoms with Crippen LogP contribution in [-0.4, -0.2) is 35.0 Å². The summed E-state index contributed by atoms with van der Waals surface area (Å²) in [7, 11) is 0. The highest BCUT2D eigenvalue weighted by Crippen LogP contribution is 2.13. The number of hydrogen-bond acceptors (Lipinski definition) is 5. The summed E-state index contributed by atoms with van der Waals surface area (Å²) in [6.45, 7) is 9.85. The second-order valence-corrected chi connectivity index (χ2v) is 6.83. The lowest BCUT2D eigenvalue weighted by molar-refractivity contribution is 0.539. The maximum atomic E-state index is 4.78. The predicted octanol–water partition coefficient (Wildman–Crippen LogP) is 2.37. The highest BCUT2D eigenvalue weighted by atomic mass is 15.5. The van der Waals surface area contributed by atoms with E-state index >= 15 is 0 Å². The molecule has 0 amide bonds. The van der Waals surface area contributed by atoms with Crippen LogP contribution in [0.5, 0.6) is 0 Å². The van der Waals surface area contributed by atoms with E-state index in [1.54, 1.807) is 4.68 Å². The lowest BCUT2D eigenvalue weighted by atomic mass is 10.1. The summed E-state index contributed by atoms with van der Waals surface area (Å²) >= 11 is 0. The molecule has 132 valence electrons. The van der Waals surface area contributed by atoms with Gasteiger partial charge in [-0.25, -0.2) is 14.3 Å². The van der Waals surface area contributed by atoms with Gasteiger partial charge >= 0.3 is 0 Å². The van der Waals surface area contributed by atoms with E-state index in [-0.39, 0.29) is 0 Å². The molecule has 7 heteroatoms. The fourth-order valence-electron chi connectivity index (χ4n) is 2.80. The molecule has 1 aromatic carbocycles. The summed E-state index contributed by atoms with van der Waals surface area (Å²) in [4.78, 5) is 4.78. The third kappa shape index (κ3) is 4.29. The Morgan fingerprint density at radius 3 is 2.56 bits per heavy atom. The van der Waals surface area contributed by atoms with Gasteiger partial charge in [-0.3, -0.25) is 0 Å². The zero-order valence-corrected chi connectivity index (χ0v) is 15.3. The van der Waals surface area contributed by atoms with Crippen molar-refractivity contribution >= 4 is 0 Å². The second-order valence-electron chi connectivity index (χ2n) is 6.83. The first-order valence-corrected chi connectivity index (χ1v) is 8.73. The summed E-state index contributed by atoms with van der Waals surface area (Å²) in [5.74, 6) is 3.23. The Morgan fingerprint density at radius 1 is 1.08 bits per heavy atom. The highest BCUT2D eigenvalue weighted by Gasteiger charge is 2.13. The molecule has 0 saturated carbocycles. The van der Waals surface area contributed by atoms with Crippen LogP contribution in [0.2, 0.25) is 0 Å². The monoisotopic (exact) mass is 339 g/mol. The number of tetrazole rings is 1. The molecule has 0 bridgehead atoms. The zero-order valence-electron chi connectivity index (χ0n) is 15.3. The van der Waals surface area contributed by atoms with Crippen molar-refractivity contribution in [1.29, 1.82) is 0 Å². The molecule has 2 heterocycles. The molecule has 3 aromatic rings. The molecule has 0 aliphatic carbocycles. The Labute approximate surface area is 148 Å². The minimum absolute atomic E-state index is 0.531. The van der Waals surface area contributed by atoms with E-state index in [4.69, 9.17) is 10.1 Å². The standard InChI is InChI=1S/C18H25N7/c1-13(2)11-17-19-18(9-10-24-15(4)20-22-23-24)25(21-17)12-16-8-6-5-7-14(16)3/h5-8,13H,9-12H2,1-4H3. The predicted molar refractivity (Wildman–Crippen MR) is 95.1 cm³/mol. The smallest absolute Gasteiger partial charge is 0.151 e. The van der Waals surface area contributed by atoms with Crippen LogP contribution in [0.1, 0.15) is 42.4 Å². The molecule has 7 nitrogen and oxygen atoms in total. The molecular weight excluding hydrogens is 314 g/mol. The third-order valence-corrected chi connectivity index (χ3v) is 4.22. The molecule has 0 spiro atoms. The van der Waals surface area contributed by atoms with E-state index in [0.717, 1.165) is 36.9 Å². The average Bonchev–Trinajstić information content (AvgIpc) is 3.13. The van der Waals surface area contributed by atoms with Crippen LogP contribution < -0.4 is 0 Å². The van der Waals surface area contributed by atoms with Crippen LogP contribution in [0, 0.1) is 19.8 Å². The number of rotatable bonds is 7. The molecule has 25 heavy (non-hydrogen) atoms. The lowest BCUT2D eigenvalue weighted by Gasteiger charge is -2.08. The summed E-state index contributed by atoms with van der Waals surface area (Å²) in [5, 5.41) is 16.4. The van der Waals surface area contributed by atoms with E-state index in [1.807, 2.05) is 11.6 Å². The van der Waals surface area contributed by atoms with Gasteiger partial charge in [-0.05, 0) is 41.3 Å². The van der Waals surface area contributed by atoms with Gasteiger partial charge < -0.3 is 0 Å². The van der Waals surface area contributed by atoms with E-state index < -0.39 is 0 Å². The van der Waals surface area contributed by atoms with Gasteiger partial charge in [0.1, 0.15) is 11.6 Å². The van der Waals surface area contributed by atoms with Gasteiger partial charge in [-0.1, -0.05) is 38.1 Å². The highest BCUT2D eigenvalue weighted by molar-refractivity contribution is 5.25. The van der Waals surface area contributed by atoms with Crippen LogP contribution in [0.4, 0.5) is 0 Å². The van der Waals surface area contributed by atoms with Crippen LogP contribution in [0.25, 0.3) is 0 Å². The first-order chi connectivity index (χ1) is 12.0. The van der Waals surface area contributed by atoms with Gasteiger partial charge in [0.15, 0.2) is 5.82 Å². The van der Waals surface area contributed by atoms with Crippen molar-refractivity contribution in [2.75, 3.05) is 0 Å². The van der Waals surface area contributed by atoms with Crippen molar-refractivity contribution < 1.29 is 0 Å². The molecule has 2 aromatic heterocycles. The Kier molecular flexibility index (Phi) is 5.21. The van der Waals surface area contributed by atoms with E-state index in [0.29, 0.717) is 12.5 Å². The molecule has 0 radical (unpaired) electrons. The summed E-state index contributed by atoms with van der Waals surface area (Å²) in [6.07, 6.45) is 1.64. The van der Waals surface area contributed by atoms with Gasteiger partial charge in [-0.2, -0.15) is 5.10 Å². The normalized spacial score (nSPS) is 11.4. The fourth-order valence-corrected chi connectivity index (χ4v) is 2.80. The second kappa shape index (κ2) is 7.55. The van der Waals surface area contributed by atoms with Gasteiger partial charge in [0, 0.05) is 12.8 Å². The van der Waals surface area contributed by atoms with E-state index in [9.17, 15) is 0 Å². The first-order valence-electron chi connectivity index (χ1n) is 8.73. The Bertz CT molecular complexity index is 832. The molecule has 0 aliphatic heterocycles. The zero-order chi connectivity index (χ0) is 17.8. The quantitative estimate of drug-likeness (QED) is 0.661. The molecule has 0 saturated heterocycles. The Balaban J connectivity index is 1.83. The van der Waals surface area contributed by atoms with E-state index in [2.05, 4.69) is 60.6 Å². The van der Waals surface area contributed by atoms with Crippen LogP contribution in [-0.2, 0) is 25.9 Å².